The minimum absolute atomic E-state index is 0.504. The summed E-state index contributed by atoms with van der Waals surface area (Å²) in [6, 6.07) is 7.33. The molecule has 5 unspecified atom stereocenters. The number of hydrogen-bond donors (Lipinski definition) is 0. The summed E-state index contributed by atoms with van der Waals surface area (Å²) in [6.07, 6.45) is 2.31. The fourth-order valence-corrected chi connectivity index (χ4v) is 4.85. The van der Waals surface area contributed by atoms with E-state index >= 15 is 0 Å². The third-order valence-electron chi connectivity index (χ3n) is 6.48. The molecule has 2 aliphatic rings. The van der Waals surface area contributed by atoms with E-state index in [1.807, 2.05) is 6.07 Å². The van der Waals surface area contributed by atoms with Gasteiger partial charge in [-0.05, 0) is 56.7 Å². The molecule has 0 amide bonds. The first kappa shape index (κ1) is 16.0. The first-order chi connectivity index (χ1) is 11.5. The van der Waals surface area contributed by atoms with E-state index in [4.69, 9.17) is 9.15 Å². The minimum Gasteiger partial charge on any atom is -0.497 e. The van der Waals surface area contributed by atoms with E-state index in [0.717, 1.165) is 29.6 Å². The highest BCUT2D eigenvalue weighted by Crippen LogP contribution is 2.46. The van der Waals surface area contributed by atoms with Gasteiger partial charge in [0.25, 0.3) is 0 Å². The summed E-state index contributed by atoms with van der Waals surface area (Å²) >= 11 is 0. The molecule has 3 nitrogen and oxygen atoms in total. The number of nitrogens with zero attached hydrogens (tertiary/aromatic N) is 1. The van der Waals surface area contributed by atoms with Crippen molar-refractivity contribution >= 4 is 11.0 Å². The van der Waals surface area contributed by atoms with Crippen LogP contribution in [0, 0.1) is 11.8 Å². The Labute approximate surface area is 145 Å². The van der Waals surface area contributed by atoms with Crippen LogP contribution in [0.15, 0.2) is 22.6 Å². The van der Waals surface area contributed by atoms with E-state index in [1.165, 1.54) is 29.7 Å². The third kappa shape index (κ3) is 2.36. The van der Waals surface area contributed by atoms with E-state index in [-0.39, 0.29) is 0 Å². The van der Waals surface area contributed by atoms with Gasteiger partial charge in [0.1, 0.15) is 17.1 Å². The quantitative estimate of drug-likeness (QED) is 0.789. The van der Waals surface area contributed by atoms with Crippen LogP contribution in [0.25, 0.3) is 11.0 Å². The predicted molar refractivity (Wildman–Crippen MR) is 97.8 cm³/mol. The summed E-state index contributed by atoms with van der Waals surface area (Å²) in [5, 5.41) is 1.25. The van der Waals surface area contributed by atoms with E-state index in [2.05, 4.69) is 44.7 Å². The standard InChI is InChI=1S/C21H29NO2/c1-12(2)15-9-17-14(4)22(11-15)13(3)8-19-18-10-16(23-5)6-7-20(18)24-21(17)19/h6-7,10,12-15,17H,8-9,11H2,1-5H3. The monoisotopic (exact) mass is 327 g/mol. The van der Waals surface area contributed by atoms with E-state index in [9.17, 15) is 0 Å². The molecule has 24 heavy (non-hydrogen) atoms. The predicted octanol–water partition coefficient (Wildman–Crippen LogP) is 4.84. The van der Waals surface area contributed by atoms with Crippen molar-refractivity contribution in [3.8, 4) is 5.75 Å². The van der Waals surface area contributed by atoms with Crippen LogP contribution in [-0.2, 0) is 6.42 Å². The molecule has 130 valence electrons. The van der Waals surface area contributed by atoms with Crippen LogP contribution in [0.4, 0.5) is 0 Å². The number of hydrogen-bond acceptors (Lipinski definition) is 3. The Bertz CT molecular complexity index is 748. The van der Waals surface area contributed by atoms with Crippen molar-refractivity contribution in [1.82, 2.24) is 4.90 Å². The number of methoxy groups -OCH3 is 1. The second-order valence-corrected chi connectivity index (χ2v) is 8.14. The lowest BCUT2D eigenvalue weighted by molar-refractivity contribution is 0.0477. The molecule has 2 bridgehead atoms. The average Bonchev–Trinajstić information content (AvgIpc) is 2.90. The van der Waals surface area contributed by atoms with Gasteiger partial charge in [-0.2, -0.15) is 0 Å². The first-order valence-corrected chi connectivity index (χ1v) is 9.34. The van der Waals surface area contributed by atoms with Crippen molar-refractivity contribution in [3.63, 3.8) is 0 Å². The lowest BCUT2D eigenvalue weighted by Gasteiger charge is -2.45. The third-order valence-corrected chi connectivity index (χ3v) is 6.48. The maximum Gasteiger partial charge on any atom is 0.134 e. The zero-order chi connectivity index (χ0) is 17.0. The SMILES string of the molecule is COc1ccc2oc3c(c2c1)CC(C)N1CC(C(C)C)CC3C1C. The van der Waals surface area contributed by atoms with Gasteiger partial charge >= 0.3 is 0 Å². The molecule has 0 radical (unpaired) electrons. The zero-order valence-electron chi connectivity index (χ0n) is 15.5. The first-order valence-electron chi connectivity index (χ1n) is 9.34. The maximum atomic E-state index is 6.42. The Morgan fingerprint density at radius 2 is 2.04 bits per heavy atom. The molecule has 3 heteroatoms. The van der Waals surface area contributed by atoms with Crippen LogP contribution in [0.3, 0.4) is 0 Å². The Kier molecular flexibility index (Phi) is 3.87. The van der Waals surface area contributed by atoms with E-state index < -0.39 is 0 Å². The van der Waals surface area contributed by atoms with Gasteiger partial charge < -0.3 is 9.15 Å². The van der Waals surface area contributed by atoms with Crippen molar-refractivity contribution in [2.75, 3.05) is 13.7 Å². The number of piperidine rings is 1. The highest BCUT2D eigenvalue weighted by Gasteiger charge is 2.43. The molecule has 1 aromatic heterocycles. The van der Waals surface area contributed by atoms with Gasteiger partial charge in [-0.1, -0.05) is 13.8 Å². The molecule has 2 aliphatic heterocycles. The summed E-state index contributed by atoms with van der Waals surface area (Å²) in [6.45, 7) is 10.7. The molecule has 0 saturated carbocycles. The van der Waals surface area contributed by atoms with Crippen molar-refractivity contribution in [2.45, 2.75) is 58.5 Å². The van der Waals surface area contributed by atoms with Crippen molar-refractivity contribution in [2.24, 2.45) is 11.8 Å². The molecule has 2 aromatic rings. The Morgan fingerprint density at radius 1 is 1.25 bits per heavy atom. The van der Waals surface area contributed by atoms with Crippen molar-refractivity contribution in [1.29, 1.82) is 0 Å². The fourth-order valence-electron chi connectivity index (χ4n) is 4.85. The number of rotatable bonds is 2. The van der Waals surface area contributed by atoms with Gasteiger partial charge in [0.05, 0.1) is 7.11 Å². The number of benzene rings is 1. The summed E-state index contributed by atoms with van der Waals surface area (Å²) < 4.78 is 11.9. The smallest absolute Gasteiger partial charge is 0.134 e. The summed E-state index contributed by atoms with van der Waals surface area (Å²) in [4.78, 5) is 2.72. The maximum absolute atomic E-state index is 6.42. The molecule has 0 N–H and O–H groups in total. The minimum atomic E-state index is 0.504. The molecule has 1 aromatic carbocycles. The summed E-state index contributed by atoms with van der Waals surface area (Å²) in [5.41, 5.74) is 2.43. The summed E-state index contributed by atoms with van der Waals surface area (Å²) in [5.74, 6) is 4.14. The number of fused-ring (bicyclic) bond motifs is 6. The lowest BCUT2D eigenvalue weighted by Crippen LogP contribution is -2.50. The van der Waals surface area contributed by atoms with Gasteiger partial charge in [-0.3, -0.25) is 4.90 Å². The second-order valence-electron chi connectivity index (χ2n) is 8.14. The molecule has 0 aliphatic carbocycles. The van der Waals surface area contributed by atoms with Gasteiger partial charge in [-0.25, -0.2) is 0 Å². The number of ether oxygens (including phenoxy) is 1. The Hall–Kier alpha value is -1.48. The van der Waals surface area contributed by atoms with Gasteiger partial charge in [0.2, 0.25) is 0 Å². The zero-order valence-corrected chi connectivity index (χ0v) is 15.5. The van der Waals surface area contributed by atoms with Crippen LogP contribution >= 0.6 is 0 Å². The van der Waals surface area contributed by atoms with Crippen molar-refractivity contribution in [3.05, 3.63) is 29.5 Å². The molecule has 1 fully saturated rings. The molecule has 1 saturated heterocycles. The second kappa shape index (κ2) is 5.80. The Balaban J connectivity index is 1.86. The normalized spacial score (nSPS) is 32.7. The molecule has 0 spiro atoms. The van der Waals surface area contributed by atoms with Gasteiger partial charge in [0, 0.05) is 35.5 Å². The van der Waals surface area contributed by atoms with E-state index in [1.54, 1.807) is 7.11 Å². The van der Waals surface area contributed by atoms with Gasteiger partial charge in [-0.15, -0.1) is 0 Å². The van der Waals surface area contributed by atoms with Gasteiger partial charge in [0.15, 0.2) is 0 Å². The number of furan rings is 1. The highest BCUT2D eigenvalue weighted by atomic mass is 16.5. The molecular formula is C21H29NO2. The highest BCUT2D eigenvalue weighted by molar-refractivity contribution is 5.84. The van der Waals surface area contributed by atoms with Crippen LogP contribution in [0.5, 0.6) is 5.75 Å². The lowest BCUT2D eigenvalue weighted by atomic mass is 9.77. The Morgan fingerprint density at radius 3 is 2.75 bits per heavy atom. The molecule has 3 heterocycles. The summed E-state index contributed by atoms with van der Waals surface area (Å²) in [7, 11) is 1.73. The topological polar surface area (TPSA) is 25.6 Å². The molecule has 5 atom stereocenters. The molecule has 4 rings (SSSR count). The average molecular weight is 327 g/mol. The van der Waals surface area contributed by atoms with Crippen LogP contribution < -0.4 is 4.74 Å². The molecular weight excluding hydrogens is 298 g/mol. The van der Waals surface area contributed by atoms with Crippen LogP contribution in [0.1, 0.15) is 51.4 Å². The largest absolute Gasteiger partial charge is 0.497 e. The fraction of sp³-hybridized carbons (Fsp3) is 0.619. The van der Waals surface area contributed by atoms with Crippen molar-refractivity contribution < 1.29 is 9.15 Å². The van der Waals surface area contributed by atoms with E-state index in [0.29, 0.717) is 18.0 Å². The van der Waals surface area contributed by atoms with Crippen LogP contribution in [0.2, 0.25) is 0 Å². The van der Waals surface area contributed by atoms with Crippen LogP contribution in [-0.4, -0.2) is 30.6 Å².